The Kier molecular flexibility index (Phi) is 8.79. The van der Waals surface area contributed by atoms with Gasteiger partial charge in [0.05, 0.1) is 24.1 Å². The number of esters is 1. The van der Waals surface area contributed by atoms with E-state index >= 15 is 0 Å². The second-order valence-electron chi connectivity index (χ2n) is 10.3. The number of ether oxygens (including phenoxy) is 3. The van der Waals surface area contributed by atoms with Crippen LogP contribution in [0.1, 0.15) is 53.9 Å². The zero-order valence-corrected chi connectivity index (χ0v) is 24.8. The number of nitrogens with one attached hydrogen (secondary N) is 1. The van der Waals surface area contributed by atoms with Gasteiger partial charge in [-0.2, -0.15) is 23.1 Å². The van der Waals surface area contributed by atoms with E-state index in [0.29, 0.717) is 11.1 Å². The minimum Gasteiger partial charge on any atom is -0.467 e. The van der Waals surface area contributed by atoms with Crippen molar-refractivity contribution in [1.82, 2.24) is 14.9 Å². The average molecular weight is 643 g/mol. The molecule has 0 radical (unpaired) electrons. The van der Waals surface area contributed by atoms with E-state index in [4.69, 9.17) is 21.1 Å². The third-order valence-electron chi connectivity index (χ3n) is 5.96. The quantitative estimate of drug-likeness (QED) is 0.269. The molecule has 1 N–H and O–H groups in total. The molecule has 4 rings (SSSR count). The minimum absolute atomic E-state index is 0.0914. The Labute approximate surface area is 250 Å². The van der Waals surface area contributed by atoms with E-state index in [1.165, 1.54) is 17.0 Å². The van der Waals surface area contributed by atoms with Gasteiger partial charge in [-0.15, -0.1) is 0 Å². The number of aromatic nitrogens is 2. The van der Waals surface area contributed by atoms with Crippen LogP contribution in [0.3, 0.4) is 0 Å². The lowest BCUT2D eigenvalue weighted by Crippen LogP contribution is -2.42. The number of rotatable bonds is 6. The molecule has 1 aliphatic heterocycles. The van der Waals surface area contributed by atoms with Crippen LogP contribution in [0.15, 0.2) is 53.4 Å². The molecule has 0 bridgehead atoms. The normalized spacial score (nSPS) is 15.3. The molecule has 3 aromatic rings. The number of nitrogens with zero attached hydrogens (tertiary/aromatic N) is 3. The molecule has 2 heterocycles. The lowest BCUT2D eigenvalue weighted by molar-refractivity contribution is -0.140. The first-order valence-electron chi connectivity index (χ1n) is 12.6. The highest BCUT2D eigenvalue weighted by molar-refractivity contribution is 7.92. The van der Waals surface area contributed by atoms with Crippen molar-refractivity contribution in [3.8, 4) is 5.88 Å². The van der Waals surface area contributed by atoms with Gasteiger partial charge in [-0.25, -0.2) is 22.7 Å². The van der Waals surface area contributed by atoms with E-state index in [0.717, 1.165) is 19.2 Å². The summed E-state index contributed by atoms with van der Waals surface area (Å²) in [7, 11) is -3.42. The Morgan fingerprint density at radius 1 is 1.07 bits per heavy atom. The number of amides is 1. The predicted molar refractivity (Wildman–Crippen MR) is 147 cm³/mol. The molecule has 1 atom stereocenters. The van der Waals surface area contributed by atoms with Crippen molar-refractivity contribution in [2.24, 2.45) is 0 Å². The van der Waals surface area contributed by atoms with Gasteiger partial charge in [0.2, 0.25) is 11.8 Å². The van der Waals surface area contributed by atoms with Gasteiger partial charge < -0.3 is 14.2 Å². The maximum Gasteiger partial charge on any atom is 0.424 e. The highest BCUT2D eigenvalue weighted by Crippen LogP contribution is 2.42. The Balaban J connectivity index is 1.73. The van der Waals surface area contributed by atoms with Crippen LogP contribution in [-0.4, -0.2) is 54.6 Å². The summed E-state index contributed by atoms with van der Waals surface area (Å²) in [6.07, 6.45) is -6.99. The molecule has 1 amide bonds. The Bertz CT molecular complexity index is 1660. The van der Waals surface area contributed by atoms with Crippen LogP contribution in [0.4, 0.5) is 23.9 Å². The zero-order valence-electron chi connectivity index (χ0n) is 23.2. The number of hydrogen-bond donors (Lipinski definition) is 1. The minimum atomic E-state index is -5.10. The van der Waals surface area contributed by atoms with Gasteiger partial charge in [-0.3, -0.25) is 4.90 Å². The topological polar surface area (TPSA) is 137 Å². The third-order valence-corrected chi connectivity index (χ3v) is 7.56. The zero-order chi connectivity index (χ0) is 31.7. The molecule has 1 aromatic heterocycles. The first kappa shape index (κ1) is 31.8. The third kappa shape index (κ3) is 7.46. The van der Waals surface area contributed by atoms with Crippen molar-refractivity contribution in [2.75, 3.05) is 18.4 Å². The number of sulfonamides is 1. The van der Waals surface area contributed by atoms with E-state index in [1.54, 1.807) is 45.0 Å². The Hall–Kier alpha value is -4.11. The standard InChI is InChI=1S/C27H26ClF3N4O7S/c1-26(2,3)42-25(37)35-13-16-8-5-6-11-18(16)19(14-35)41-22-20(27(29,30)31)21(28)32-24(33-22)34-43(38,39)17-10-7-9-15(12-17)23(36)40-4/h5-12,19H,13-14H2,1-4H3,(H,32,33,34). The van der Waals surface area contributed by atoms with Gasteiger partial charge in [0.1, 0.15) is 11.7 Å². The first-order chi connectivity index (χ1) is 20.0. The van der Waals surface area contributed by atoms with Crippen molar-refractivity contribution in [2.45, 2.75) is 50.1 Å². The number of carbonyl (C=O) groups is 2. The molecule has 0 spiro atoms. The van der Waals surface area contributed by atoms with Crippen LogP contribution < -0.4 is 9.46 Å². The van der Waals surface area contributed by atoms with E-state index in [1.807, 2.05) is 4.72 Å². The van der Waals surface area contributed by atoms with Crippen LogP contribution in [0, 0.1) is 0 Å². The number of halogens is 4. The summed E-state index contributed by atoms with van der Waals surface area (Å²) in [6, 6.07) is 11.4. The molecule has 11 nitrogen and oxygen atoms in total. The molecule has 0 fully saturated rings. The molecule has 1 aliphatic rings. The van der Waals surface area contributed by atoms with Gasteiger partial charge in [-0.1, -0.05) is 41.9 Å². The second-order valence-corrected chi connectivity index (χ2v) is 12.3. The van der Waals surface area contributed by atoms with Gasteiger partial charge in [-0.05, 0) is 50.1 Å². The van der Waals surface area contributed by atoms with Gasteiger partial charge in [0, 0.05) is 6.54 Å². The fourth-order valence-electron chi connectivity index (χ4n) is 4.13. The smallest absolute Gasteiger partial charge is 0.424 e. The van der Waals surface area contributed by atoms with E-state index < -0.39 is 67.4 Å². The maximum absolute atomic E-state index is 14.1. The SMILES string of the molecule is COC(=O)c1cccc(S(=O)(=O)Nc2nc(Cl)c(C(F)(F)F)c(OC3CN(C(=O)OC(C)(C)C)Cc4ccccc43)n2)c1. The van der Waals surface area contributed by atoms with Crippen LogP contribution in [0.5, 0.6) is 5.88 Å². The summed E-state index contributed by atoms with van der Waals surface area (Å²) in [5.74, 6) is -2.71. The summed E-state index contributed by atoms with van der Waals surface area (Å²) in [5.41, 5.74) is -1.41. The van der Waals surface area contributed by atoms with Gasteiger partial charge in [0.25, 0.3) is 10.0 Å². The van der Waals surface area contributed by atoms with Crippen LogP contribution in [-0.2, 0) is 32.2 Å². The number of fused-ring (bicyclic) bond motifs is 1. The highest BCUT2D eigenvalue weighted by atomic mass is 35.5. The van der Waals surface area contributed by atoms with E-state index in [2.05, 4.69) is 14.7 Å². The van der Waals surface area contributed by atoms with Gasteiger partial charge >= 0.3 is 18.2 Å². The van der Waals surface area contributed by atoms with Crippen molar-refractivity contribution < 1.29 is 45.4 Å². The first-order valence-corrected chi connectivity index (χ1v) is 14.4. The molecule has 43 heavy (non-hydrogen) atoms. The number of methoxy groups -OCH3 is 1. The number of alkyl halides is 3. The summed E-state index contributed by atoms with van der Waals surface area (Å²) in [5, 5.41) is -1.13. The summed E-state index contributed by atoms with van der Waals surface area (Å²) < 4.78 is 86.2. The van der Waals surface area contributed by atoms with Gasteiger partial charge in [0.15, 0.2) is 10.7 Å². The fourth-order valence-corrected chi connectivity index (χ4v) is 5.39. The Morgan fingerprint density at radius 3 is 2.42 bits per heavy atom. The maximum atomic E-state index is 14.1. The average Bonchev–Trinajstić information content (AvgIpc) is 2.90. The molecule has 1 unspecified atom stereocenters. The van der Waals surface area contributed by atoms with Crippen LogP contribution in [0.2, 0.25) is 5.15 Å². The summed E-state index contributed by atoms with van der Waals surface area (Å²) in [4.78, 5) is 32.8. The largest absolute Gasteiger partial charge is 0.467 e. The molecule has 0 saturated heterocycles. The fraction of sp³-hybridized carbons (Fsp3) is 0.333. The number of hydrogen-bond acceptors (Lipinski definition) is 9. The number of anilines is 1. The van der Waals surface area contributed by atoms with Crippen LogP contribution >= 0.6 is 11.6 Å². The predicted octanol–water partition coefficient (Wildman–Crippen LogP) is 5.61. The molecule has 2 aromatic carbocycles. The van der Waals surface area contributed by atoms with Crippen molar-refractivity contribution in [1.29, 1.82) is 0 Å². The molecule has 0 aliphatic carbocycles. The second kappa shape index (κ2) is 11.9. The number of benzene rings is 2. The summed E-state index contributed by atoms with van der Waals surface area (Å²) in [6.45, 7) is 4.90. The molecule has 16 heteroatoms. The van der Waals surface area contributed by atoms with E-state index in [9.17, 15) is 31.2 Å². The molecule has 0 saturated carbocycles. The van der Waals surface area contributed by atoms with Crippen LogP contribution in [0.25, 0.3) is 0 Å². The summed E-state index contributed by atoms with van der Waals surface area (Å²) >= 11 is 5.92. The van der Waals surface area contributed by atoms with Crippen molar-refractivity contribution in [3.63, 3.8) is 0 Å². The van der Waals surface area contributed by atoms with E-state index in [-0.39, 0.29) is 18.7 Å². The lowest BCUT2D eigenvalue weighted by atomic mass is 9.97. The molecular formula is C27H26ClF3N4O7S. The van der Waals surface area contributed by atoms with Crippen molar-refractivity contribution in [3.05, 3.63) is 75.9 Å². The molecular weight excluding hydrogens is 617 g/mol. The molecule has 230 valence electrons. The monoisotopic (exact) mass is 642 g/mol. The Morgan fingerprint density at radius 2 is 1.77 bits per heavy atom. The number of carbonyl (C=O) groups excluding carboxylic acids is 2. The van der Waals surface area contributed by atoms with Crippen molar-refractivity contribution >= 4 is 39.6 Å². The highest BCUT2D eigenvalue weighted by Gasteiger charge is 2.42. The lowest BCUT2D eigenvalue weighted by Gasteiger charge is -2.35.